The number of nitrogens with zero attached hydrogens (tertiary/aromatic N) is 3. The summed E-state index contributed by atoms with van der Waals surface area (Å²) in [5.74, 6) is -2.46. The van der Waals surface area contributed by atoms with Gasteiger partial charge in [-0.3, -0.25) is 4.68 Å². The van der Waals surface area contributed by atoms with Gasteiger partial charge in [0.15, 0.2) is 0 Å². The molecule has 3 nitrogen and oxygen atoms in total. The van der Waals surface area contributed by atoms with Gasteiger partial charge < -0.3 is 4.90 Å². The van der Waals surface area contributed by atoms with Crippen LogP contribution in [0.25, 0.3) is 0 Å². The van der Waals surface area contributed by atoms with E-state index in [0.717, 1.165) is 18.8 Å². The first kappa shape index (κ1) is 24.0. The summed E-state index contributed by atoms with van der Waals surface area (Å²) < 4.78 is 28.3. The number of aryl methyl sites for hydroxylation is 1. The molecule has 1 aromatic heterocycles. The number of hydrogen-bond acceptors (Lipinski definition) is 2. The van der Waals surface area contributed by atoms with Gasteiger partial charge in [0.05, 0.1) is 12.2 Å². The lowest BCUT2D eigenvalue weighted by molar-refractivity contribution is -0.0555. The molecule has 0 spiro atoms. The molecule has 0 radical (unpaired) electrons. The summed E-state index contributed by atoms with van der Waals surface area (Å²) in [5.41, 5.74) is 3.65. The first-order chi connectivity index (χ1) is 11.6. The van der Waals surface area contributed by atoms with Crippen LogP contribution in [-0.2, 0) is 12.0 Å². The van der Waals surface area contributed by atoms with E-state index >= 15 is 0 Å². The van der Waals surface area contributed by atoms with E-state index in [1.807, 2.05) is 39.3 Å². The van der Waals surface area contributed by atoms with E-state index in [2.05, 4.69) is 37.7 Å². The lowest BCUT2D eigenvalue weighted by Crippen LogP contribution is -2.40. The van der Waals surface area contributed by atoms with Crippen molar-refractivity contribution in [2.45, 2.75) is 93.0 Å². The summed E-state index contributed by atoms with van der Waals surface area (Å²) in [6, 6.07) is 0. The summed E-state index contributed by atoms with van der Waals surface area (Å²) in [6.07, 6.45) is -0.0330. The van der Waals surface area contributed by atoms with Gasteiger partial charge in [-0.2, -0.15) is 5.10 Å². The maximum atomic E-state index is 13.1. The maximum Gasteiger partial charge on any atom is 0.250 e. The standard InChI is InChI=1S/C16H27F2N3.2C2H6/c1-12-14(15(3,4)5)13(2)21(19-12)11-10-20-8-6-16(17,18)7-9-20;2*1-2/h6-11H2,1-5H3;2*1-2H3. The third kappa shape index (κ3) is 7.04. The van der Waals surface area contributed by atoms with Crippen molar-refractivity contribution in [3.8, 4) is 0 Å². The van der Waals surface area contributed by atoms with Crippen LogP contribution in [0.1, 0.15) is 78.3 Å². The summed E-state index contributed by atoms with van der Waals surface area (Å²) >= 11 is 0. The molecule has 25 heavy (non-hydrogen) atoms. The predicted octanol–water partition coefficient (Wildman–Crippen LogP) is 5.58. The van der Waals surface area contributed by atoms with Crippen molar-refractivity contribution in [1.29, 1.82) is 0 Å². The van der Waals surface area contributed by atoms with Crippen LogP contribution in [0.2, 0.25) is 0 Å². The van der Waals surface area contributed by atoms with Gasteiger partial charge in [0.1, 0.15) is 0 Å². The third-order valence-electron chi connectivity index (χ3n) is 4.35. The molecule has 0 saturated carbocycles. The van der Waals surface area contributed by atoms with Crippen molar-refractivity contribution in [2.24, 2.45) is 0 Å². The fraction of sp³-hybridized carbons (Fsp3) is 0.850. The molecule has 0 bridgehead atoms. The minimum absolute atomic E-state index is 0.0165. The van der Waals surface area contributed by atoms with E-state index in [0.29, 0.717) is 13.1 Å². The van der Waals surface area contributed by atoms with E-state index in [4.69, 9.17) is 0 Å². The first-order valence-electron chi connectivity index (χ1n) is 9.75. The van der Waals surface area contributed by atoms with E-state index in [9.17, 15) is 8.78 Å². The highest BCUT2D eigenvalue weighted by Crippen LogP contribution is 2.29. The van der Waals surface area contributed by atoms with Gasteiger partial charge >= 0.3 is 0 Å². The molecule has 5 heteroatoms. The van der Waals surface area contributed by atoms with Crippen molar-refractivity contribution in [3.05, 3.63) is 17.0 Å². The first-order valence-corrected chi connectivity index (χ1v) is 9.75. The number of halogens is 2. The van der Waals surface area contributed by atoms with Crippen molar-refractivity contribution in [3.63, 3.8) is 0 Å². The average molecular weight is 360 g/mol. The van der Waals surface area contributed by atoms with Crippen LogP contribution < -0.4 is 0 Å². The van der Waals surface area contributed by atoms with Crippen LogP contribution in [0.15, 0.2) is 0 Å². The SMILES string of the molecule is CC.CC.Cc1nn(CCN2CCC(F)(F)CC2)c(C)c1C(C)(C)C. The number of alkyl halides is 2. The molecular formula is C20H39F2N3. The van der Waals surface area contributed by atoms with Crippen LogP contribution in [0, 0.1) is 13.8 Å². The van der Waals surface area contributed by atoms with E-state index in [1.54, 1.807) is 0 Å². The van der Waals surface area contributed by atoms with Crippen molar-refractivity contribution < 1.29 is 8.78 Å². The Morgan fingerprint density at radius 2 is 1.44 bits per heavy atom. The molecule has 0 atom stereocenters. The average Bonchev–Trinajstić information content (AvgIpc) is 2.84. The Labute approximate surface area is 153 Å². The van der Waals surface area contributed by atoms with Gasteiger partial charge in [0.25, 0.3) is 5.92 Å². The van der Waals surface area contributed by atoms with E-state index < -0.39 is 5.92 Å². The molecule has 1 aliphatic heterocycles. The second-order valence-electron chi connectivity index (χ2n) is 7.22. The second-order valence-corrected chi connectivity index (χ2v) is 7.22. The summed E-state index contributed by atoms with van der Waals surface area (Å²) in [4.78, 5) is 2.12. The van der Waals surface area contributed by atoms with Gasteiger partial charge in [-0.15, -0.1) is 0 Å². The largest absolute Gasteiger partial charge is 0.301 e. The summed E-state index contributed by atoms with van der Waals surface area (Å²) in [5, 5.41) is 4.63. The molecule has 1 saturated heterocycles. The van der Waals surface area contributed by atoms with Crippen LogP contribution in [0.4, 0.5) is 8.78 Å². The zero-order valence-electron chi connectivity index (χ0n) is 17.8. The summed E-state index contributed by atoms with van der Waals surface area (Å²) in [7, 11) is 0. The number of piperidine rings is 1. The van der Waals surface area contributed by atoms with E-state index in [1.165, 1.54) is 11.3 Å². The smallest absolute Gasteiger partial charge is 0.250 e. The number of likely N-dealkylation sites (tertiary alicyclic amines) is 1. The third-order valence-corrected chi connectivity index (χ3v) is 4.35. The zero-order chi connectivity index (χ0) is 19.8. The molecule has 0 N–H and O–H groups in total. The molecule has 148 valence electrons. The molecule has 1 aromatic rings. The maximum absolute atomic E-state index is 13.1. The molecule has 2 rings (SSSR count). The van der Waals surface area contributed by atoms with E-state index in [-0.39, 0.29) is 18.3 Å². The van der Waals surface area contributed by atoms with Gasteiger partial charge in [-0.05, 0) is 19.3 Å². The second kappa shape index (κ2) is 10.2. The number of rotatable bonds is 3. The Bertz CT molecular complexity index is 492. The Morgan fingerprint density at radius 3 is 1.84 bits per heavy atom. The topological polar surface area (TPSA) is 21.1 Å². The van der Waals surface area contributed by atoms with Crippen molar-refractivity contribution in [2.75, 3.05) is 19.6 Å². The highest BCUT2D eigenvalue weighted by atomic mass is 19.3. The highest BCUT2D eigenvalue weighted by molar-refractivity contribution is 5.31. The molecule has 0 unspecified atom stereocenters. The zero-order valence-corrected chi connectivity index (χ0v) is 17.8. The van der Waals surface area contributed by atoms with Gasteiger partial charge in [-0.1, -0.05) is 48.5 Å². The highest BCUT2D eigenvalue weighted by Gasteiger charge is 2.33. The Morgan fingerprint density at radius 1 is 0.960 bits per heavy atom. The monoisotopic (exact) mass is 359 g/mol. The Kier molecular flexibility index (Phi) is 9.85. The van der Waals surface area contributed by atoms with Gasteiger partial charge in [0.2, 0.25) is 0 Å². The molecule has 2 heterocycles. The van der Waals surface area contributed by atoms with Crippen LogP contribution in [0.5, 0.6) is 0 Å². The minimum Gasteiger partial charge on any atom is -0.301 e. The Balaban J connectivity index is 0.00000134. The quantitative estimate of drug-likeness (QED) is 0.702. The fourth-order valence-electron chi connectivity index (χ4n) is 3.34. The predicted molar refractivity (Wildman–Crippen MR) is 104 cm³/mol. The van der Waals surface area contributed by atoms with Crippen LogP contribution in [-0.4, -0.2) is 40.2 Å². The van der Waals surface area contributed by atoms with Crippen molar-refractivity contribution in [1.82, 2.24) is 14.7 Å². The van der Waals surface area contributed by atoms with Gasteiger partial charge in [0, 0.05) is 43.7 Å². The summed E-state index contributed by atoms with van der Waals surface area (Å²) in [6.45, 7) is 21.3. The molecule has 0 aliphatic carbocycles. The molecular weight excluding hydrogens is 320 g/mol. The van der Waals surface area contributed by atoms with Crippen molar-refractivity contribution >= 4 is 0 Å². The fourth-order valence-corrected chi connectivity index (χ4v) is 3.34. The number of hydrogen-bond donors (Lipinski definition) is 0. The van der Waals surface area contributed by atoms with Crippen LogP contribution >= 0.6 is 0 Å². The Hall–Kier alpha value is -0.970. The van der Waals surface area contributed by atoms with Crippen LogP contribution in [0.3, 0.4) is 0 Å². The molecule has 1 aliphatic rings. The molecule has 1 fully saturated rings. The van der Waals surface area contributed by atoms with Gasteiger partial charge in [-0.25, -0.2) is 8.78 Å². The lowest BCUT2D eigenvalue weighted by atomic mass is 9.85. The lowest BCUT2D eigenvalue weighted by Gasteiger charge is -2.31. The molecule has 0 aromatic carbocycles. The minimum atomic E-state index is -2.46. The molecule has 0 amide bonds. The normalized spacial score (nSPS) is 17.2. The number of aromatic nitrogens is 2.